The minimum absolute atomic E-state index is 0.0166. The Morgan fingerprint density at radius 1 is 1.16 bits per heavy atom. The van der Waals surface area contributed by atoms with E-state index in [1.807, 2.05) is 24.7 Å². The Kier molecular flexibility index (Phi) is 4.38. The number of aromatic nitrogens is 5. The van der Waals surface area contributed by atoms with Gasteiger partial charge in [0, 0.05) is 25.0 Å². The van der Waals surface area contributed by atoms with E-state index in [4.69, 9.17) is 4.98 Å². The second-order valence-corrected chi connectivity index (χ2v) is 9.67. The summed E-state index contributed by atoms with van der Waals surface area (Å²) in [5.41, 5.74) is 6.81. The van der Waals surface area contributed by atoms with Crippen molar-refractivity contribution >= 4 is 11.7 Å². The summed E-state index contributed by atoms with van der Waals surface area (Å²) in [6.45, 7) is 8.85. The van der Waals surface area contributed by atoms with E-state index in [-0.39, 0.29) is 11.9 Å². The van der Waals surface area contributed by atoms with Crippen LogP contribution in [0.4, 0.5) is 5.82 Å². The first-order valence-corrected chi connectivity index (χ1v) is 11.6. The SMILES string of the molecule is Cc1nc(N2CC3CC3C2)ccc1Cn1cc(C(=O)N[C@@H]2CCc3c(C)n[nH]c32)c(C)n1. The summed E-state index contributed by atoms with van der Waals surface area (Å²) in [5, 5.41) is 15.1. The Morgan fingerprint density at radius 2 is 1.97 bits per heavy atom. The number of carbonyl (C=O) groups excluding carboxylic acids is 1. The number of anilines is 1. The molecule has 32 heavy (non-hydrogen) atoms. The number of carbonyl (C=O) groups is 1. The van der Waals surface area contributed by atoms with E-state index < -0.39 is 0 Å². The Labute approximate surface area is 187 Å². The van der Waals surface area contributed by atoms with Crippen molar-refractivity contribution in [2.45, 2.75) is 52.6 Å². The molecule has 1 amide bonds. The molecule has 2 N–H and O–H groups in total. The van der Waals surface area contributed by atoms with E-state index in [0.29, 0.717) is 12.1 Å². The molecule has 2 unspecified atom stereocenters. The van der Waals surface area contributed by atoms with Crippen LogP contribution in [-0.2, 0) is 13.0 Å². The van der Waals surface area contributed by atoms with Gasteiger partial charge in [0.2, 0.25) is 0 Å². The standard InChI is InChI=1S/C24H29N7O/c1-13-16(4-7-22(25-13)30-9-17-8-18(17)10-30)11-31-12-20(15(3)29-31)24(32)26-21-6-5-19-14(2)27-28-23(19)21/h4,7,12,17-18,21H,5-6,8-11H2,1-3H3,(H,26,32)(H,27,28)/t17?,18?,21-/m1/s1. The Hall–Kier alpha value is -3.16. The summed E-state index contributed by atoms with van der Waals surface area (Å²) >= 11 is 0. The van der Waals surface area contributed by atoms with Crippen molar-refractivity contribution in [2.75, 3.05) is 18.0 Å². The van der Waals surface area contributed by atoms with Gasteiger partial charge in [-0.3, -0.25) is 14.6 Å². The molecule has 2 aliphatic carbocycles. The van der Waals surface area contributed by atoms with Crippen LogP contribution >= 0.6 is 0 Å². The Bertz CT molecular complexity index is 1200. The van der Waals surface area contributed by atoms with Crippen LogP contribution in [-0.4, -0.2) is 44.0 Å². The molecule has 0 bridgehead atoms. The highest BCUT2D eigenvalue weighted by Gasteiger charge is 2.45. The predicted octanol–water partition coefficient (Wildman–Crippen LogP) is 2.85. The second-order valence-electron chi connectivity index (χ2n) is 9.67. The van der Waals surface area contributed by atoms with Gasteiger partial charge in [-0.2, -0.15) is 10.2 Å². The van der Waals surface area contributed by atoms with Crippen molar-refractivity contribution < 1.29 is 4.79 Å². The van der Waals surface area contributed by atoms with Crippen molar-refractivity contribution in [3.05, 3.63) is 57.8 Å². The Morgan fingerprint density at radius 3 is 2.75 bits per heavy atom. The third-order valence-corrected chi connectivity index (χ3v) is 7.45. The predicted molar refractivity (Wildman–Crippen MR) is 121 cm³/mol. The zero-order valence-electron chi connectivity index (χ0n) is 18.9. The molecule has 4 heterocycles. The molecule has 3 atom stereocenters. The molecule has 166 valence electrons. The van der Waals surface area contributed by atoms with Gasteiger partial charge in [0.1, 0.15) is 5.82 Å². The molecule has 3 aliphatic rings. The van der Waals surface area contributed by atoms with E-state index in [9.17, 15) is 4.79 Å². The number of H-pyrrole nitrogens is 1. The number of hydrogen-bond donors (Lipinski definition) is 2. The van der Waals surface area contributed by atoms with Crippen LogP contribution in [0.15, 0.2) is 18.3 Å². The molecule has 1 saturated carbocycles. The average molecular weight is 432 g/mol. The number of pyridine rings is 1. The molecule has 0 spiro atoms. The van der Waals surface area contributed by atoms with E-state index in [0.717, 1.165) is 71.9 Å². The minimum atomic E-state index is -0.0864. The summed E-state index contributed by atoms with van der Waals surface area (Å²) < 4.78 is 1.85. The van der Waals surface area contributed by atoms with E-state index in [1.54, 1.807) is 0 Å². The summed E-state index contributed by atoms with van der Waals surface area (Å²) in [6, 6.07) is 4.26. The van der Waals surface area contributed by atoms with Crippen molar-refractivity contribution in [2.24, 2.45) is 11.8 Å². The molecule has 3 aromatic rings. The van der Waals surface area contributed by atoms with Crippen molar-refractivity contribution in [3.63, 3.8) is 0 Å². The number of amides is 1. The van der Waals surface area contributed by atoms with Crippen LogP contribution in [0.5, 0.6) is 0 Å². The first-order valence-electron chi connectivity index (χ1n) is 11.6. The second kappa shape index (κ2) is 7.18. The van der Waals surface area contributed by atoms with Gasteiger partial charge in [0.25, 0.3) is 5.91 Å². The molecule has 8 nitrogen and oxygen atoms in total. The fourth-order valence-corrected chi connectivity index (χ4v) is 5.39. The third kappa shape index (κ3) is 3.29. The Balaban J connectivity index is 1.15. The zero-order chi connectivity index (χ0) is 22.0. The van der Waals surface area contributed by atoms with Gasteiger partial charge in [-0.1, -0.05) is 6.07 Å². The van der Waals surface area contributed by atoms with Crippen molar-refractivity contribution in [1.29, 1.82) is 0 Å². The molecule has 1 saturated heterocycles. The number of piperidine rings is 1. The third-order valence-electron chi connectivity index (χ3n) is 7.45. The fourth-order valence-electron chi connectivity index (χ4n) is 5.39. The van der Waals surface area contributed by atoms with Gasteiger partial charge in [0.05, 0.1) is 35.2 Å². The maximum Gasteiger partial charge on any atom is 0.255 e. The summed E-state index contributed by atoms with van der Waals surface area (Å²) in [4.78, 5) is 20.2. The molecular weight excluding hydrogens is 402 g/mol. The largest absolute Gasteiger partial charge is 0.356 e. The maximum atomic E-state index is 13.0. The summed E-state index contributed by atoms with van der Waals surface area (Å²) in [7, 11) is 0. The van der Waals surface area contributed by atoms with E-state index in [1.165, 1.54) is 12.0 Å². The number of aromatic amines is 1. The van der Waals surface area contributed by atoms with Crippen LogP contribution in [0.1, 0.15) is 63.1 Å². The maximum absolute atomic E-state index is 13.0. The molecule has 3 aromatic heterocycles. The quantitative estimate of drug-likeness (QED) is 0.648. The monoisotopic (exact) mass is 431 g/mol. The number of nitrogens with one attached hydrogen (secondary N) is 2. The van der Waals surface area contributed by atoms with E-state index >= 15 is 0 Å². The average Bonchev–Trinajstić information content (AvgIpc) is 3.17. The smallest absolute Gasteiger partial charge is 0.255 e. The zero-order valence-corrected chi connectivity index (χ0v) is 18.9. The lowest BCUT2D eigenvalue weighted by molar-refractivity contribution is 0.0935. The summed E-state index contributed by atoms with van der Waals surface area (Å²) in [5.74, 6) is 2.78. The topological polar surface area (TPSA) is 91.7 Å². The molecule has 2 fully saturated rings. The fraction of sp³-hybridized carbons (Fsp3) is 0.500. The van der Waals surface area contributed by atoms with Gasteiger partial charge in [-0.05, 0) is 69.1 Å². The minimum Gasteiger partial charge on any atom is -0.356 e. The number of nitrogens with zero attached hydrogens (tertiary/aromatic N) is 5. The lowest BCUT2D eigenvalue weighted by atomic mass is 10.2. The number of aryl methyl sites for hydroxylation is 3. The van der Waals surface area contributed by atoms with Gasteiger partial charge in [-0.25, -0.2) is 4.98 Å². The van der Waals surface area contributed by atoms with Crippen molar-refractivity contribution in [1.82, 2.24) is 30.3 Å². The number of rotatable bonds is 5. The molecular formula is C24H29N7O. The van der Waals surface area contributed by atoms with Crippen molar-refractivity contribution in [3.8, 4) is 0 Å². The van der Waals surface area contributed by atoms with Crippen LogP contribution < -0.4 is 10.2 Å². The van der Waals surface area contributed by atoms with Gasteiger partial charge < -0.3 is 10.2 Å². The van der Waals surface area contributed by atoms with Gasteiger partial charge >= 0.3 is 0 Å². The van der Waals surface area contributed by atoms with E-state index in [2.05, 4.69) is 44.6 Å². The molecule has 0 aromatic carbocycles. The van der Waals surface area contributed by atoms with Crippen LogP contribution in [0.25, 0.3) is 0 Å². The van der Waals surface area contributed by atoms with Gasteiger partial charge in [-0.15, -0.1) is 0 Å². The lowest BCUT2D eigenvalue weighted by Crippen LogP contribution is -2.27. The highest BCUT2D eigenvalue weighted by molar-refractivity contribution is 5.95. The van der Waals surface area contributed by atoms with Crippen LogP contribution in [0.2, 0.25) is 0 Å². The number of hydrogen-bond acceptors (Lipinski definition) is 5. The normalized spacial score (nSPS) is 23.3. The van der Waals surface area contributed by atoms with Crippen LogP contribution in [0, 0.1) is 32.6 Å². The first-order chi connectivity index (χ1) is 15.5. The number of fused-ring (bicyclic) bond motifs is 2. The lowest BCUT2D eigenvalue weighted by Gasteiger charge is -2.20. The molecule has 6 rings (SSSR count). The highest BCUT2D eigenvalue weighted by atomic mass is 16.1. The molecule has 8 heteroatoms. The summed E-state index contributed by atoms with van der Waals surface area (Å²) in [6.07, 6.45) is 5.09. The van der Waals surface area contributed by atoms with Crippen LogP contribution in [0.3, 0.4) is 0 Å². The van der Waals surface area contributed by atoms with Gasteiger partial charge in [0.15, 0.2) is 0 Å². The highest BCUT2D eigenvalue weighted by Crippen LogP contribution is 2.46. The first kappa shape index (κ1) is 19.5. The molecule has 0 radical (unpaired) electrons. The molecule has 1 aliphatic heterocycles.